The zero-order chi connectivity index (χ0) is 44.9. The number of esters is 1. The van der Waals surface area contributed by atoms with Gasteiger partial charge in [0.25, 0.3) is 5.91 Å². The van der Waals surface area contributed by atoms with Gasteiger partial charge in [0.05, 0.1) is 40.5 Å². The number of hydrogen-bond acceptors (Lipinski definition) is 8. The molecule has 10 nitrogen and oxygen atoms in total. The maximum atomic E-state index is 14.7. The summed E-state index contributed by atoms with van der Waals surface area (Å²) >= 11 is 12.2. The van der Waals surface area contributed by atoms with Gasteiger partial charge in [-0.05, 0) is 100 Å². The van der Waals surface area contributed by atoms with Gasteiger partial charge in [-0.2, -0.15) is 5.26 Å². The smallest absolute Gasteiger partial charge is 0.328 e. The van der Waals surface area contributed by atoms with Crippen LogP contribution in [0.5, 0.6) is 11.5 Å². The fourth-order valence-electron chi connectivity index (χ4n) is 8.51. The van der Waals surface area contributed by atoms with Crippen LogP contribution in [0, 0.1) is 11.3 Å². The van der Waals surface area contributed by atoms with Gasteiger partial charge < -0.3 is 24.4 Å². The van der Waals surface area contributed by atoms with Crippen LogP contribution in [0.15, 0.2) is 133 Å². The number of benzene rings is 6. The minimum absolute atomic E-state index is 0.122. The van der Waals surface area contributed by atoms with Crippen molar-refractivity contribution in [2.75, 3.05) is 19.1 Å². The number of methoxy groups -OCH3 is 1. The third-order valence-electron chi connectivity index (χ3n) is 12.0. The lowest BCUT2D eigenvalue weighted by Crippen LogP contribution is -2.55. The van der Waals surface area contributed by atoms with Crippen LogP contribution >= 0.6 is 23.2 Å². The van der Waals surface area contributed by atoms with Gasteiger partial charge in [0, 0.05) is 31.6 Å². The monoisotopic (exact) mass is 892 g/mol. The lowest BCUT2D eigenvalue weighted by molar-refractivity contribution is -0.146. The molecule has 0 spiro atoms. The molecule has 0 bridgehead atoms. The quantitative estimate of drug-likeness (QED) is 0.114. The number of anilines is 1. The number of carbonyl (C=O) groups excluding carboxylic acids is 3. The molecule has 0 radical (unpaired) electrons. The third-order valence-corrected chi connectivity index (χ3v) is 12.7. The first-order chi connectivity index (χ1) is 31.0. The molecule has 2 amide bonds. The number of rotatable bonds is 13. The van der Waals surface area contributed by atoms with Gasteiger partial charge >= 0.3 is 5.97 Å². The van der Waals surface area contributed by atoms with Crippen LogP contribution in [-0.2, 0) is 45.1 Å². The molecule has 1 N–H and O–H groups in total. The molecule has 6 aromatic rings. The van der Waals surface area contributed by atoms with E-state index in [1.807, 2.05) is 97.1 Å². The summed E-state index contributed by atoms with van der Waals surface area (Å²) in [5, 5.41) is 13.2. The van der Waals surface area contributed by atoms with Gasteiger partial charge in [0.15, 0.2) is 0 Å². The topological polar surface area (TPSA) is 121 Å². The van der Waals surface area contributed by atoms with Crippen molar-refractivity contribution in [2.24, 2.45) is 0 Å². The van der Waals surface area contributed by atoms with E-state index in [2.05, 4.69) is 35.3 Å². The van der Waals surface area contributed by atoms with E-state index in [1.54, 1.807) is 36.2 Å². The van der Waals surface area contributed by atoms with E-state index in [4.69, 9.17) is 37.4 Å². The van der Waals surface area contributed by atoms with Crippen molar-refractivity contribution in [1.82, 2.24) is 10.2 Å². The predicted octanol–water partition coefficient (Wildman–Crippen LogP) is 9.99. The second-order valence-corrected chi connectivity index (χ2v) is 16.8. The van der Waals surface area contributed by atoms with Gasteiger partial charge in [0.1, 0.15) is 24.1 Å². The summed E-state index contributed by atoms with van der Waals surface area (Å²) in [4.78, 5) is 45.7. The summed E-state index contributed by atoms with van der Waals surface area (Å²) in [5.74, 6) is 0.111. The Hall–Kier alpha value is -6.64. The van der Waals surface area contributed by atoms with E-state index in [9.17, 15) is 19.6 Å². The lowest BCUT2D eigenvalue weighted by atomic mass is 9.88. The van der Waals surface area contributed by atoms with Gasteiger partial charge in [-0.1, -0.05) is 115 Å². The molecule has 4 atom stereocenters. The summed E-state index contributed by atoms with van der Waals surface area (Å²) in [6.45, 7) is 2.82. The minimum atomic E-state index is -0.945. The molecule has 324 valence electrons. The van der Waals surface area contributed by atoms with Crippen LogP contribution < -0.4 is 19.7 Å². The third kappa shape index (κ3) is 9.48. The second kappa shape index (κ2) is 19.4. The number of halogens is 2. The number of carbonyl (C=O) groups is 3. The van der Waals surface area contributed by atoms with Crippen LogP contribution in [0.4, 0.5) is 5.69 Å². The van der Waals surface area contributed by atoms with E-state index < -0.39 is 24.2 Å². The number of nitrogens with one attached hydrogen (secondary N) is 1. The summed E-state index contributed by atoms with van der Waals surface area (Å²) < 4.78 is 17.7. The maximum absolute atomic E-state index is 14.7. The lowest BCUT2D eigenvalue weighted by Gasteiger charge is -2.42. The first-order valence-corrected chi connectivity index (χ1v) is 21.8. The number of amides is 2. The van der Waals surface area contributed by atoms with Crippen molar-refractivity contribution in [2.45, 2.75) is 63.6 Å². The maximum Gasteiger partial charge on any atom is 0.328 e. The van der Waals surface area contributed by atoms with E-state index in [1.165, 1.54) is 7.11 Å². The first-order valence-electron chi connectivity index (χ1n) is 21.1. The van der Waals surface area contributed by atoms with Gasteiger partial charge in [-0.15, -0.1) is 0 Å². The molecule has 12 heteroatoms. The second-order valence-electron chi connectivity index (χ2n) is 16.0. The van der Waals surface area contributed by atoms with Crippen LogP contribution in [0.1, 0.15) is 64.4 Å². The summed E-state index contributed by atoms with van der Waals surface area (Å²) in [6, 6.07) is 42.2. The van der Waals surface area contributed by atoms with Crippen molar-refractivity contribution in [1.29, 1.82) is 5.26 Å². The number of ether oxygens (including phenoxy) is 3. The molecule has 8 rings (SSSR count). The van der Waals surface area contributed by atoms with Crippen LogP contribution in [0.25, 0.3) is 11.1 Å². The summed E-state index contributed by atoms with van der Waals surface area (Å²) in [7, 11) is 3.05. The first kappa shape index (κ1) is 44.0. The molecule has 0 fully saturated rings. The molecule has 64 heavy (non-hydrogen) atoms. The zero-order valence-electron chi connectivity index (χ0n) is 35.6. The van der Waals surface area contributed by atoms with Crippen molar-refractivity contribution in [3.05, 3.63) is 182 Å². The summed E-state index contributed by atoms with van der Waals surface area (Å²) in [6.07, 6.45) is 0.398. The Kier molecular flexibility index (Phi) is 13.3. The Labute approximate surface area is 382 Å². The Balaban J connectivity index is 1.03. The standard InChI is InChI=1S/C52H46Cl2N4O6/c1-4-45(37-8-6-5-7-9-37)58-30-40-28-48-46(57(2)51(60)49(64-48)38-19-21-41(22-20-38)63-31-34-14-23-42(53)43(54)24-34)26-39(40)27-47(58)50(59)56-44(52(61)62-3)25-32-10-15-35(16-11-32)36-17-12-33(29-55)13-18-36/h5-24,26,28,44-45,47,49H,4,25,27,30-31H2,1-3H3,(H,56,59)/t44-,45?,47-,49+/m0/s1. The molecular weight excluding hydrogens is 847 g/mol. The largest absolute Gasteiger partial charge is 0.489 e. The highest BCUT2D eigenvalue weighted by Crippen LogP contribution is 2.43. The van der Waals surface area contributed by atoms with Crippen molar-refractivity contribution in [3.63, 3.8) is 0 Å². The average molecular weight is 894 g/mol. The van der Waals surface area contributed by atoms with Crippen molar-refractivity contribution >= 4 is 46.7 Å². The van der Waals surface area contributed by atoms with Gasteiger partial charge in [-0.25, -0.2) is 4.79 Å². The molecule has 2 aliphatic heterocycles. The van der Waals surface area contributed by atoms with Gasteiger partial charge in [0.2, 0.25) is 12.0 Å². The average Bonchev–Trinajstić information content (AvgIpc) is 3.33. The summed E-state index contributed by atoms with van der Waals surface area (Å²) in [5.41, 5.74) is 8.48. The normalized spacial score (nSPS) is 16.6. The van der Waals surface area contributed by atoms with E-state index >= 15 is 0 Å². The molecule has 0 aromatic heterocycles. The molecular formula is C52H46Cl2N4O6. The number of fused-ring (bicyclic) bond motifs is 2. The molecule has 0 saturated heterocycles. The van der Waals surface area contributed by atoms with Crippen molar-refractivity contribution in [3.8, 4) is 28.7 Å². The van der Waals surface area contributed by atoms with E-state index in [-0.39, 0.29) is 24.3 Å². The van der Waals surface area contributed by atoms with Gasteiger partial charge in [-0.3, -0.25) is 14.5 Å². The highest BCUT2D eigenvalue weighted by molar-refractivity contribution is 6.42. The molecule has 2 heterocycles. The molecule has 6 aromatic carbocycles. The number of likely N-dealkylation sites (N-methyl/N-ethyl adjacent to an activating group) is 1. The number of hydrogen-bond donors (Lipinski definition) is 1. The Morgan fingerprint density at radius 1 is 0.859 bits per heavy atom. The molecule has 1 unspecified atom stereocenters. The molecule has 0 saturated carbocycles. The fraction of sp³-hybridized carbons (Fsp3) is 0.231. The molecule has 2 aliphatic rings. The van der Waals surface area contributed by atoms with Crippen LogP contribution in [0.2, 0.25) is 10.0 Å². The number of nitriles is 1. The predicted molar refractivity (Wildman–Crippen MR) is 247 cm³/mol. The highest BCUT2D eigenvalue weighted by atomic mass is 35.5. The molecule has 0 aliphatic carbocycles. The SMILES string of the molecule is CCC(c1ccccc1)N1Cc2cc3c(cc2C[C@H]1C(=O)N[C@@H](Cc1ccc(-c2ccc(C#N)cc2)cc1)C(=O)OC)N(C)C(=O)[C@@H](c1ccc(OCc2ccc(Cl)c(Cl)c2)cc1)O3. The van der Waals surface area contributed by atoms with Crippen LogP contribution in [-0.4, -0.2) is 48.9 Å². The number of nitrogens with zero attached hydrogens (tertiary/aromatic N) is 3. The Morgan fingerprint density at radius 2 is 1.55 bits per heavy atom. The minimum Gasteiger partial charge on any atom is -0.489 e. The highest BCUT2D eigenvalue weighted by Gasteiger charge is 2.40. The van der Waals surface area contributed by atoms with Crippen LogP contribution in [0.3, 0.4) is 0 Å². The Morgan fingerprint density at radius 3 is 2.20 bits per heavy atom. The van der Waals surface area contributed by atoms with E-state index in [0.29, 0.717) is 57.9 Å². The Bertz CT molecular complexity index is 2710. The fourth-order valence-corrected chi connectivity index (χ4v) is 8.84. The van der Waals surface area contributed by atoms with E-state index in [0.717, 1.165) is 45.4 Å². The van der Waals surface area contributed by atoms with Crippen molar-refractivity contribution < 1.29 is 28.6 Å². The zero-order valence-corrected chi connectivity index (χ0v) is 37.1.